The Balaban J connectivity index is 1.80. The van der Waals surface area contributed by atoms with Crippen LogP contribution in [0, 0.1) is 0 Å². The van der Waals surface area contributed by atoms with Gasteiger partial charge in [0.1, 0.15) is 6.26 Å². The Hall–Kier alpha value is -1.88. The molecule has 2 aromatic rings. The van der Waals surface area contributed by atoms with Crippen molar-refractivity contribution >= 4 is 0 Å². The van der Waals surface area contributed by atoms with Gasteiger partial charge in [0.25, 0.3) is 0 Å². The quantitative estimate of drug-likeness (QED) is 0.816. The molecule has 2 N–H and O–H groups in total. The molecule has 0 saturated carbocycles. The normalized spacial score (nSPS) is 10.3. The smallest absolute Gasteiger partial charge is 0.393 e. The summed E-state index contributed by atoms with van der Waals surface area (Å²) in [5, 5.41) is 0. The highest BCUT2D eigenvalue weighted by atomic mass is 16.6. The molecule has 0 atom stereocenters. The van der Waals surface area contributed by atoms with E-state index in [2.05, 4.69) is 9.97 Å². The largest absolute Gasteiger partial charge is 0.450 e. The minimum absolute atomic E-state index is 0.261. The summed E-state index contributed by atoms with van der Waals surface area (Å²) in [6, 6.07) is 5.77. The first-order valence-corrected chi connectivity index (χ1v) is 5.05. The number of hydrogen-bond acceptors (Lipinski definition) is 5. The summed E-state index contributed by atoms with van der Waals surface area (Å²) >= 11 is 0. The van der Waals surface area contributed by atoms with Crippen molar-refractivity contribution in [2.75, 3.05) is 6.61 Å². The molecule has 2 aromatic heterocycles. The number of hydrogen-bond donors (Lipinski definition) is 1. The minimum Gasteiger partial charge on any atom is -0.450 e. The Morgan fingerprint density at radius 1 is 1.31 bits per heavy atom. The molecule has 0 amide bonds. The second-order valence-corrected chi connectivity index (χ2v) is 3.23. The van der Waals surface area contributed by atoms with Crippen LogP contribution in [0.1, 0.15) is 11.4 Å². The molecule has 0 aliphatic rings. The maximum Gasteiger partial charge on any atom is 0.393 e. The van der Waals surface area contributed by atoms with E-state index in [1.165, 1.54) is 6.26 Å². The average Bonchev–Trinajstić information content (AvgIpc) is 2.78. The third kappa shape index (κ3) is 2.80. The molecule has 0 fully saturated rings. The van der Waals surface area contributed by atoms with Crippen molar-refractivity contribution in [3.63, 3.8) is 0 Å². The molecule has 84 valence electrons. The van der Waals surface area contributed by atoms with E-state index in [1.54, 1.807) is 6.20 Å². The number of aromatic nitrogens is 2. The molecule has 0 bridgehead atoms. The molecule has 0 unspecified atom stereocenters. The van der Waals surface area contributed by atoms with Crippen LogP contribution in [-0.4, -0.2) is 16.6 Å². The fourth-order valence-electron chi connectivity index (χ4n) is 1.24. The van der Waals surface area contributed by atoms with Gasteiger partial charge < -0.3 is 14.9 Å². The Kier molecular flexibility index (Phi) is 3.50. The first-order valence-electron chi connectivity index (χ1n) is 5.05. The lowest BCUT2D eigenvalue weighted by Gasteiger charge is -2.00. The standard InChI is InChI=1S/C11H13N3O2/c12-7-10-8-16-11(14-10)15-6-4-9-3-1-2-5-13-9/h1-3,5,8H,4,6-7,12H2. The van der Waals surface area contributed by atoms with Crippen molar-refractivity contribution in [3.05, 3.63) is 42.0 Å². The van der Waals surface area contributed by atoms with Crippen LogP contribution in [0.4, 0.5) is 0 Å². The summed E-state index contributed by atoms with van der Waals surface area (Å²) in [6.45, 7) is 0.842. The van der Waals surface area contributed by atoms with Gasteiger partial charge in [-0.3, -0.25) is 4.98 Å². The fourth-order valence-corrected chi connectivity index (χ4v) is 1.24. The van der Waals surface area contributed by atoms with Crippen LogP contribution in [-0.2, 0) is 13.0 Å². The summed E-state index contributed by atoms with van der Waals surface area (Å²) in [7, 11) is 0. The van der Waals surface area contributed by atoms with Gasteiger partial charge in [-0.2, -0.15) is 4.98 Å². The summed E-state index contributed by atoms with van der Waals surface area (Å²) in [5.41, 5.74) is 7.06. The number of rotatable bonds is 5. The molecule has 5 nitrogen and oxygen atoms in total. The van der Waals surface area contributed by atoms with E-state index in [1.807, 2.05) is 18.2 Å². The molecule has 0 spiro atoms. The van der Waals surface area contributed by atoms with E-state index in [4.69, 9.17) is 14.9 Å². The van der Waals surface area contributed by atoms with Crippen molar-refractivity contribution in [2.45, 2.75) is 13.0 Å². The summed E-state index contributed by atoms with van der Waals surface area (Å²) < 4.78 is 10.4. The van der Waals surface area contributed by atoms with E-state index in [9.17, 15) is 0 Å². The molecule has 0 aromatic carbocycles. The van der Waals surface area contributed by atoms with E-state index < -0.39 is 0 Å². The van der Waals surface area contributed by atoms with Crippen molar-refractivity contribution in [1.82, 2.24) is 9.97 Å². The van der Waals surface area contributed by atoms with Crippen LogP contribution in [0.5, 0.6) is 6.08 Å². The SMILES string of the molecule is NCc1coc(OCCc2ccccn2)n1. The number of nitrogens with two attached hydrogens (primary N) is 1. The van der Waals surface area contributed by atoms with Crippen molar-refractivity contribution in [1.29, 1.82) is 0 Å². The van der Waals surface area contributed by atoms with Crippen LogP contribution >= 0.6 is 0 Å². The van der Waals surface area contributed by atoms with Crippen molar-refractivity contribution in [3.8, 4) is 6.08 Å². The summed E-state index contributed by atoms with van der Waals surface area (Å²) in [6.07, 6.45) is 4.24. The first-order chi connectivity index (χ1) is 7.88. The van der Waals surface area contributed by atoms with Crippen LogP contribution in [0.3, 0.4) is 0 Å². The van der Waals surface area contributed by atoms with Crippen LogP contribution in [0.2, 0.25) is 0 Å². The van der Waals surface area contributed by atoms with Gasteiger partial charge in [0.15, 0.2) is 0 Å². The van der Waals surface area contributed by atoms with Crippen LogP contribution in [0.15, 0.2) is 35.1 Å². The molecule has 5 heteroatoms. The third-order valence-electron chi connectivity index (χ3n) is 2.05. The Morgan fingerprint density at radius 2 is 2.25 bits per heavy atom. The molecule has 0 aliphatic heterocycles. The lowest BCUT2D eigenvalue weighted by molar-refractivity contribution is 0.232. The molecular formula is C11H13N3O2. The molecule has 16 heavy (non-hydrogen) atoms. The number of oxazole rings is 1. The van der Waals surface area contributed by atoms with Gasteiger partial charge in [-0.25, -0.2) is 0 Å². The maximum atomic E-state index is 5.39. The Bertz CT molecular complexity index is 428. The molecule has 0 saturated heterocycles. The van der Waals surface area contributed by atoms with Gasteiger partial charge in [0.05, 0.1) is 12.3 Å². The van der Waals surface area contributed by atoms with Gasteiger partial charge >= 0.3 is 6.08 Å². The zero-order valence-corrected chi connectivity index (χ0v) is 8.80. The highest BCUT2D eigenvalue weighted by Crippen LogP contribution is 2.09. The van der Waals surface area contributed by atoms with Crippen LogP contribution in [0.25, 0.3) is 0 Å². The maximum absolute atomic E-state index is 5.39. The van der Waals surface area contributed by atoms with E-state index in [0.717, 1.165) is 12.1 Å². The lowest BCUT2D eigenvalue weighted by Crippen LogP contribution is -2.03. The van der Waals surface area contributed by atoms with Crippen LogP contribution < -0.4 is 10.5 Å². The molecule has 2 heterocycles. The van der Waals surface area contributed by atoms with Crippen molar-refractivity contribution < 1.29 is 9.15 Å². The average molecular weight is 219 g/mol. The summed E-state index contributed by atoms with van der Waals surface area (Å²) in [4.78, 5) is 8.21. The monoisotopic (exact) mass is 219 g/mol. The second-order valence-electron chi connectivity index (χ2n) is 3.23. The van der Waals surface area contributed by atoms with E-state index in [-0.39, 0.29) is 6.08 Å². The number of ether oxygens (including phenoxy) is 1. The summed E-state index contributed by atoms with van der Waals surface area (Å²) in [5.74, 6) is 0. The van der Waals surface area contributed by atoms with Crippen molar-refractivity contribution in [2.24, 2.45) is 5.73 Å². The topological polar surface area (TPSA) is 74.2 Å². The predicted molar refractivity (Wildman–Crippen MR) is 57.8 cm³/mol. The first kappa shape index (κ1) is 10.6. The van der Waals surface area contributed by atoms with E-state index >= 15 is 0 Å². The molecule has 0 aliphatic carbocycles. The molecule has 2 rings (SSSR count). The Labute approximate surface area is 93.3 Å². The molecule has 0 radical (unpaired) electrons. The fraction of sp³-hybridized carbons (Fsp3) is 0.273. The highest BCUT2D eigenvalue weighted by Gasteiger charge is 2.03. The van der Waals surface area contributed by atoms with Gasteiger partial charge in [-0.15, -0.1) is 0 Å². The lowest BCUT2D eigenvalue weighted by atomic mass is 10.3. The van der Waals surface area contributed by atoms with E-state index in [0.29, 0.717) is 18.8 Å². The number of pyridine rings is 1. The van der Waals surface area contributed by atoms with Gasteiger partial charge in [-0.1, -0.05) is 6.07 Å². The highest BCUT2D eigenvalue weighted by molar-refractivity contribution is 5.04. The predicted octanol–water partition coefficient (Wildman–Crippen LogP) is 1.15. The third-order valence-corrected chi connectivity index (χ3v) is 2.05. The molecular weight excluding hydrogens is 206 g/mol. The van der Waals surface area contributed by atoms with Gasteiger partial charge in [0, 0.05) is 24.9 Å². The zero-order chi connectivity index (χ0) is 11.2. The Morgan fingerprint density at radius 3 is 2.94 bits per heavy atom. The van der Waals surface area contributed by atoms with Gasteiger partial charge in [-0.05, 0) is 12.1 Å². The zero-order valence-electron chi connectivity index (χ0n) is 8.80. The second kappa shape index (κ2) is 5.27. The van der Waals surface area contributed by atoms with Gasteiger partial charge in [0.2, 0.25) is 0 Å². The number of nitrogens with zero attached hydrogens (tertiary/aromatic N) is 2. The minimum atomic E-state index is 0.261.